The lowest BCUT2D eigenvalue weighted by Gasteiger charge is -2.10. The van der Waals surface area contributed by atoms with Crippen LogP contribution in [0.25, 0.3) is 0 Å². The first-order valence-electron chi connectivity index (χ1n) is 6.94. The minimum absolute atomic E-state index is 0.0160. The molecule has 5 nitrogen and oxygen atoms in total. The summed E-state index contributed by atoms with van der Waals surface area (Å²) in [5, 5.41) is 3.00. The van der Waals surface area contributed by atoms with Crippen molar-refractivity contribution in [1.29, 1.82) is 0 Å². The molecule has 1 N–H and O–H groups in total. The molecule has 2 aromatic rings. The third-order valence-electron chi connectivity index (χ3n) is 2.89. The predicted molar refractivity (Wildman–Crippen MR) is 98.0 cm³/mol. The Bertz CT molecular complexity index is 847. The number of nitrogens with one attached hydrogen (secondary N) is 1. The summed E-state index contributed by atoms with van der Waals surface area (Å²) in [6.07, 6.45) is 0. The molecule has 10 heteroatoms. The van der Waals surface area contributed by atoms with Gasteiger partial charge in [0.1, 0.15) is 11.6 Å². The number of hydrogen-bond donors (Lipinski definition) is 1. The normalized spacial score (nSPS) is 10.3. The molecular weight excluding hydrogens is 431 g/mol. The van der Waals surface area contributed by atoms with Gasteiger partial charge in [-0.3, -0.25) is 4.79 Å². The molecule has 0 aliphatic rings. The zero-order valence-electron chi connectivity index (χ0n) is 12.8. The van der Waals surface area contributed by atoms with Crippen LogP contribution in [0.15, 0.2) is 30.3 Å². The largest absolute Gasteiger partial charge is 0.480 e. The van der Waals surface area contributed by atoms with Crippen LogP contribution in [0.2, 0.25) is 20.1 Å². The van der Waals surface area contributed by atoms with Crippen LogP contribution >= 0.6 is 46.4 Å². The van der Waals surface area contributed by atoms with Crippen molar-refractivity contribution in [1.82, 2.24) is 0 Å². The van der Waals surface area contributed by atoms with Gasteiger partial charge in [0.25, 0.3) is 5.91 Å². The van der Waals surface area contributed by atoms with Crippen LogP contribution in [0, 0.1) is 5.82 Å². The molecule has 0 saturated heterocycles. The van der Waals surface area contributed by atoms with E-state index in [1.54, 1.807) is 0 Å². The van der Waals surface area contributed by atoms with E-state index in [4.69, 9.17) is 55.9 Å². The quantitative estimate of drug-likeness (QED) is 0.507. The fourth-order valence-electron chi connectivity index (χ4n) is 1.72. The standard InChI is InChI=1S/C16H10Cl4FNO4/c17-9-4-12(20)14(5-10(9)18)25-7-16(24)26-6-15(23)22-13-2-1-8(21)3-11(13)19/h1-5H,6-7H2,(H,22,23). The van der Waals surface area contributed by atoms with E-state index in [0.29, 0.717) is 0 Å². The SMILES string of the molecule is O=C(COC(=O)COc1cc(Cl)c(Cl)cc1Cl)Nc1ccc(F)cc1Cl. The lowest BCUT2D eigenvalue weighted by molar-refractivity contribution is -0.149. The Morgan fingerprint density at radius 2 is 1.62 bits per heavy atom. The molecule has 138 valence electrons. The van der Waals surface area contributed by atoms with Crippen LogP contribution in [-0.2, 0) is 14.3 Å². The lowest BCUT2D eigenvalue weighted by atomic mass is 10.3. The second-order valence-corrected chi connectivity index (χ2v) is 6.45. The summed E-state index contributed by atoms with van der Waals surface area (Å²) in [6, 6.07) is 6.17. The number of carbonyl (C=O) groups excluding carboxylic acids is 2. The highest BCUT2D eigenvalue weighted by atomic mass is 35.5. The Hall–Kier alpha value is -1.73. The van der Waals surface area contributed by atoms with E-state index < -0.39 is 30.9 Å². The summed E-state index contributed by atoms with van der Waals surface area (Å²) >= 11 is 23.3. The third kappa shape index (κ3) is 5.92. The molecule has 0 radical (unpaired) electrons. The van der Waals surface area contributed by atoms with Gasteiger partial charge in [0, 0.05) is 6.07 Å². The van der Waals surface area contributed by atoms with Crippen molar-refractivity contribution < 1.29 is 23.5 Å². The third-order valence-corrected chi connectivity index (χ3v) is 4.22. The summed E-state index contributed by atoms with van der Waals surface area (Å²) in [5.41, 5.74) is 0.188. The number of carbonyl (C=O) groups is 2. The summed E-state index contributed by atoms with van der Waals surface area (Å²) in [7, 11) is 0. The van der Waals surface area contributed by atoms with E-state index in [1.807, 2.05) is 0 Å². The average Bonchev–Trinajstić information content (AvgIpc) is 2.57. The summed E-state index contributed by atoms with van der Waals surface area (Å²) in [4.78, 5) is 23.4. The number of hydrogen-bond acceptors (Lipinski definition) is 4. The van der Waals surface area contributed by atoms with Gasteiger partial charge in [0.15, 0.2) is 13.2 Å². The number of benzene rings is 2. The van der Waals surface area contributed by atoms with Gasteiger partial charge < -0.3 is 14.8 Å². The van der Waals surface area contributed by atoms with E-state index in [-0.39, 0.29) is 31.5 Å². The van der Waals surface area contributed by atoms with Gasteiger partial charge in [0.05, 0.1) is 25.8 Å². The smallest absolute Gasteiger partial charge is 0.344 e. The maximum atomic E-state index is 12.9. The number of amides is 1. The van der Waals surface area contributed by atoms with Gasteiger partial charge >= 0.3 is 5.97 Å². The van der Waals surface area contributed by atoms with E-state index in [0.717, 1.165) is 12.1 Å². The van der Waals surface area contributed by atoms with Gasteiger partial charge in [-0.15, -0.1) is 0 Å². The van der Waals surface area contributed by atoms with Crippen LogP contribution < -0.4 is 10.1 Å². The second kappa shape index (κ2) is 9.28. The molecular formula is C16H10Cl4FNO4. The minimum atomic E-state index is -0.813. The van der Waals surface area contributed by atoms with Crippen LogP contribution in [-0.4, -0.2) is 25.1 Å². The molecule has 0 bridgehead atoms. The molecule has 0 spiro atoms. The molecule has 0 atom stereocenters. The number of rotatable bonds is 6. The molecule has 2 aromatic carbocycles. The number of esters is 1. The fourth-order valence-corrected chi connectivity index (χ4v) is 2.52. The average molecular weight is 441 g/mol. The molecule has 2 rings (SSSR count). The van der Waals surface area contributed by atoms with Crippen molar-refractivity contribution in [2.24, 2.45) is 0 Å². The molecule has 26 heavy (non-hydrogen) atoms. The van der Waals surface area contributed by atoms with E-state index in [2.05, 4.69) is 5.32 Å². The molecule has 0 aliphatic heterocycles. The zero-order valence-corrected chi connectivity index (χ0v) is 15.8. The van der Waals surface area contributed by atoms with Crippen LogP contribution in [0.4, 0.5) is 10.1 Å². The lowest BCUT2D eigenvalue weighted by Crippen LogP contribution is -2.23. The minimum Gasteiger partial charge on any atom is -0.480 e. The van der Waals surface area contributed by atoms with Crippen molar-refractivity contribution in [3.8, 4) is 5.75 Å². The summed E-state index contributed by atoms with van der Waals surface area (Å²) in [6.45, 7) is -1.08. The van der Waals surface area contributed by atoms with Crippen LogP contribution in [0.3, 0.4) is 0 Å². The maximum Gasteiger partial charge on any atom is 0.344 e. The first kappa shape index (κ1) is 20.6. The highest BCUT2D eigenvalue weighted by Gasteiger charge is 2.13. The van der Waals surface area contributed by atoms with Gasteiger partial charge in [-0.1, -0.05) is 46.4 Å². The summed E-state index contributed by atoms with van der Waals surface area (Å²) < 4.78 is 22.9. The van der Waals surface area contributed by atoms with Crippen molar-refractivity contribution >= 4 is 64.0 Å². The Morgan fingerprint density at radius 1 is 0.923 bits per heavy atom. The van der Waals surface area contributed by atoms with E-state index in [9.17, 15) is 14.0 Å². The number of halogens is 5. The number of ether oxygens (including phenoxy) is 2. The van der Waals surface area contributed by atoms with E-state index >= 15 is 0 Å². The first-order chi connectivity index (χ1) is 12.3. The molecule has 0 aromatic heterocycles. The Labute approximate surface area is 167 Å². The van der Waals surface area contributed by atoms with E-state index in [1.165, 1.54) is 18.2 Å². The molecule has 0 saturated carbocycles. The van der Waals surface area contributed by atoms with Crippen molar-refractivity contribution in [2.75, 3.05) is 18.5 Å². The Kier molecular flexibility index (Phi) is 7.34. The number of anilines is 1. The predicted octanol–water partition coefficient (Wildman–Crippen LogP) is 5.00. The van der Waals surface area contributed by atoms with Crippen LogP contribution in [0.5, 0.6) is 5.75 Å². The maximum absolute atomic E-state index is 12.9. The monoisotopic (exact) mass is 439 g/mol. The summed E-state index contributed by atoms with van der Waals surface area (Å²) in [5.74, 6) is -1.87. The first-order valence-corrected chi connectivity index (χ1v) is 8.45. The zero-order chi connectivity index (χ0) is 19.3. The molecule has 1 amide bonds. The van der Waals surface area contributed by atoms with Gasteiger partial charge in [-0.2, -0.15) is 0 Å². The fraction of sp³-hybridized carbons (Fsp3) is 0.125. The molecule has 0 aliphatic carbocycles. The topological polar surface area (TPSA) is 64.6 Å². The van der Waals surface area contributed by atoms with Gasteiger partial charge in [0.2, 0.25) is 0 Å². The molecule has 0 fully saturated rings. The highest BCUT2D eigenvalue weighted by Crippen LogP contribution is 2.33. The van der Waals surface area contributed by atoms with Crippen molar-refractivity contribution in [3.63, 3.8) is 0 Å². The second-order valence-electron chi connectivity index (χ2n) is 4.82. The Morgan fingerprint density at radius 3 is 2.31 bits per heavy atom. The van der Waals surface area contributed by atoms with Crippen molar-refractivity contribution in [3.05, 3.63) is 56.2 Å². The Balaban J connectivity index is 1.81. The van der Waals surface area contributed by atoms with Crippen molar-refractivity contribution in [2.45, 2.75) is 0 Å². The highest BCUT2D eigenvalue weighted by molar-refractivity contribution is 6.43. The van der Waals surface area contributed by atoms with Crippen LogP contribution in [0.1, 0.15) is 0 Å². The molecule has 0 heterocycles. The molecule has 0 unspecified atom stereocenters. The van der Waals surface area contributed by atoms with Gasteiger partial charge in [-0.25, -0.2) is 9.18 Å². The van der Waals surface area contributed by atoms with Gasteiger partial charge in [-0.05, 0) is 24.3 Å².